The quantitative estimate of drug-likeness (QED) is 0.272. The summed E-state index contributed by atoms with van der Waals surface area (Å²) in [7, 11) is 0. The fraction of sp³-hybridized carbons (Fsp3) is 0.0500. The molecule has 4 rings (SSSR count). The van der Waals surface area contributed by atoms with Gasteiger partial charge in [0.1, 0.15) is 5.15 Å². The minimum absolute atomic E-state index is 0.430. The Morgan fingerprint density at radius 2 is 1.40 bits per heavy atom. The Hall–Kier alpha value is -2.59. The predicted octanol–water partition coefficient (Wildman–Crippen LogP) is 6.73. The van der Waals surface area contributed by atoms with Crippen LogP contribution in [0.15, 0.2) is 66.9 Å². The molecule has 0 aliphatic carbocycles. The lowest BCUT2D eigenvalue weighted by Gasteiger charge is -2.11. The SMILES string of the molecule is FC(F)(F)c1ccc(-c2cccc3c2ccc2c(Cl)nccc23)cc1. The molecule has 0 radical (unpaired) electrons. The van der Waals surface area contributed by atoms with Gasteiger partial charge in [0.05, 0.1) is 5.56 Å². The maximum atomic E-state index is 12.8. The van der Waals surface area contributed by atoms with Crippen molar-refractivity contribution in [1.29, 1.82) is 0 Å². The molecule has 0 unspecified atom stereocenters. The van der Waals surface area contributed by atoms with Gasteiger partial charge in [0.15, 0.2) is 0 Å². The zero-order chi connectivity index (χ0) is 17.6. The number of benzene rings is 3. The van der Waals surface area contributed by atoms with Crippen LogP contribution >= 0.6 is 11.6 Å². The zero-order valence-corrected chi connectivity index (χ0v) is 13.6. The van der Waals surface area contributed by atoms with Crippen LogP contribution in [0, 0.1) is 0 Å². The number of hydrogen-bond donors (Lipinski definition) is 0. The van der Waals surface area contributed by atoms with Gasteiger partial charge in [-0.2, -0.15) is 13.2 Å². The van der Waals surface area contributed by atoms with Crippen molar-refractivity contribution in [1.82, 2.24) is 4.98 Å². The van der Waals surface area contributed by atoms with E-state index in [9.17, 15) is 13.2 Å². The van der Waals surface area contributed by atoms with Gasteiger partial charge in [-0.25, -0.2) is 4.98 Å². The molecule has 5 heteroatoms. The van der Waals surface area contributed by atoms with Crippen LogP contribution in [0.4, 0.5) is 13.2 Å². The van der Waals surface area contributed by atoms with Crippen molar-refractivity contribution >= 4 is 33.1 Å². The van der Waals surface area contributed by atoms with Gasteiger partial charge >= 0.3 is 6.18 Å². The van der Waals surface area contributed by atoms with Crippen LogP contribution in [-0.2, 0) is 6.18 Å². The summed E-state index contributed by atoms with van der Waals surface area (Å²) in [4.78, 5) is 4.09. The first-order valence-electron chi connectivity index (χ1n) is 7.59. The summed E-state index contributed by atoms with van der Waals surface area (Å²) in [5.74, 6) is 0. The van der Waals surface area contributed by atoms with E-state index in [1.165, 1.54) is 12.1 Å². The summed E-state index contributed by atoms with van der Waals surface area (Å²) >= 11 is 6.16. The van der Waals surface area contributed by atoms with E-state index in [4.69, 9.17) is 11.6 Å². The number of hydrogen-bond acceptors (Lipinski definition) is 1. The van der Waals surface area contributed by atoms with Crippen molar-refractivity contribution in [3.05, 3.63) is 77.6 Å². The fourth-order valence-electron chi connectivity index (χ4n) is 3.08. The molecule has 25 heavy (non-hydrogen) atoms. The van der Waals surface area contributed by atoms with Crippen LogP contribution in [0.1, 0.15) is 5.56 Å². The topological polar surface area (TPSA) is 12.9 Å². The molecule has 0 bridgehead atoms. The number of pyridine rings is 1. The Kier molecular flexibility index (Phi) is 3.65. The van der Waals surface area contributed by atoms with Gasteiger partial charge in [-0.3, -0.25) is 0 Å². The van der Waals surface area contributed by atoms with Crippen LogP contribution in [0.5, 0.6) is 0 Å². The monoisotopic (exact) mass is 357 g/mol. The van der Waals surface area contributed by atoms with E-state index >= 15 is 0 Å². The van der Waals surface area contributed by atoms with Crippen LogP contribution < -0.4 is 0 Å². The van der Waals surface area contributed by atoms with Crippen LogP contribution in [0.2, 0.25) is 5.15 Å². The van der Waals surface area contributed by atoms with Gasteiger partial charge in [-0.05, 0) is 45.5 Å². The van der Waals surface area contributed by atoms with E-state index in [1.54, 1.807) is 6.20 Å². The summed E-state index contributed by atoms with van der Waals surface area (Å²) < 4.78 is 38.3. The molecule has 0 amide bonds. The average Bonchev–Trinajstić information content (AvgIpc) is 2.61. The summed E-state index contributed by atoms with van der Waals surface area (Å²) in [6.07, 6.45) is -2.69. The van der Waals surface area contributed by atoms with Gasteiger partial charge in [0, 0.05) is 11.6 Å². The van der Waals surface area contributed by atoms with Gasteiger partial charge in [0.2, 0.25) is 0 Å². The van der Waals surface area contributed by atoms with Crippen molar-refractivity contribution in [3.8, 4) is 11.1 Å². The Morgan fingerprint density at radius 3 is 2.12 bits per heavy atom. The highest BCUT2D eigenvalue weighted by Gasteiger charge is 2.30. The first-order valence-corrected chi connectivity index (χ1v) is 7.96. The molecule has 0 aliphatic rings. The minimum Gasteiger partial charge on any atom is -0.244 e. The van der Waals surface area contributed by atoms with Gasteiger partial charge in [-0.15, -0.1) is 0 Å². The standard InChI is InChI=1S/C20H11ClF3N/c21-19-18-9-8-16-14(2-1-3-15(16)17(18)10-11-25-19)12-4-6-13(7-5-12)20(22,23)24/h1-11H. The summed E-state index contributed by atoms with van der Waals surface area (Å²) in [6, 6.07) is 16.7. The molecule has 0 saturated heterocycles. The number of aromatic nitrogens is 1. The molecule has 1 aromatic heterocycles. The zero-order valence-electron chi connectivity index (χ0n) is 12.8. The van der Waals surface area contributed by atoms with E-state index in [0.29, 0.717) is 5.15 Å². The Balaban J connectivity index is 1.94. The highest BCUT2D eigenvalue weighted by Crippen LogP contribution is 2.36. The predicted molar refractivity (Wildman–Crippen MR) is 94.7 cm³/mol. The van der Waals surface area contributed by atoms with E-state index in [1.807, 2.05) is 36.4 Å². The first-order chi connectivity index (χ1) is 11.9. The number of fused-ring (bicyclic) bond motifs is 3. The van der Waals surface area contributed by atoms with Crippen molar-refractivity contribution in [2.75, 3.05) is 0 Å². The molecular formula is C20H11ClF3N. The van der Waals surface area contributed by atoms with E-state index in [-0.39, 0.29) is 0 Å². The smallest absolute Gasteiger partial charge is 0.244 e. The van der Waals surface area contributed by atoms with Crippen molar-refractivity contribution < 1.29 is 13.2 Å². The lowest BCUT2D eigenvalue weighted by molar-refractivity contribution is -0.137. The molecule has 0 aliphatic heterocycles. The third kappa shape index (κ3) is 2.72. The third-order valence-corrected chi connectivity index (χ3v) is 4.58. The molecule has 0 fully saturated rings. The molecule has 3 aromatic carbocycles. The van der Waals surface area contributed by atoms with Gasteiger partial charge in [0.25, 0.3) is 0 Å². The molecule has 0 N–H and O–H groups in total. The van der Waals surface area contributed by atoms with Crippen molar-refractivity contribution in [2.45, 2.75) is 6.18 Å². The Labute approximate surface area is 146 Å². The largest absolute Gasteiger partial charge is 0.416 e. The molecule has 0 atom stereocenters. The van der Waals surface area contributed by atoms with Crippen molar-refractivity contribution in [2.24, 2.45) is 0 Å². The molecule has 0 saturated carbocycles. The van der Waals surface area contributed by atoms with Crippen LogP contribution in [-0.4, -0.2) is 4.98 Å². The maximum absolute atomic E-state index is 12.8. The number of halogens is 4. The second-order valence-corrected chi connectivity index (χ2v) is 6.10. The minimum atomic E-state index is -4.34. The lowest BCUT2D eigenvalue weighted by atomic mass is 9.95. The molecular weight excluding hydrogens is 347 g/mol. The number of alkyl halides is 3. The lowest BCUT2D eigenvalue weighted by Crippen LogP contribution is -2.03. The maximum Gasteiger partial charge on any atom is 0.416 e. The fourth-order valence-corrected chi connectivity index (χ4v) is 3.30. The van der Waals surface area contributed by atoms with Crippen LogP contribution in [0.3, 0.4) is 0 Å². The molecule has 0 spiro atoms. The molecule has 1 heterocycles. The molecule has 1 nitrogen and oxygen atoms in total. The summed E-state index contributed by atoms with van der Waals surface area (Å²) in [6.45, 7) is 0. The second kappa shape index (κ2) is 5.74. The highest BCUT2D eigenvalue weighted by atomic mass is 35.5. The van der Waals surface area contributed by atoms with E-state index < -0.39 is 11.7 Å². The number of rotatable bonds is 1. The molecule has 4 aromatic rings. The third-order valence-electron chi connectivity index (χ3n) is 4.28. The number of nitrogens with zero attached hydrogens (tertiary/aromatic N) is 1. The normalized spacial score (nSPS) is 12.0. The van der Waals surface area contributed by atoms with Crippen LogP contribution in [0.25, 0.3) is 32.7 Å². The van der Waals surface area contributed by atoms with Gasteiger partial charge in [-0.1, -0.05) is 54.1 Å². The van der Waals surface area contributed by atoms with Crippen molar-refractivity contribution in [3.63, 3.8) is 0 Å². The average molecular weight is 358 g/mol. The van der Waals surface area contributed by atoms with E-state index in [2.05, 4.69) is 4.98 Å². The Morgan fingerprint density at radius 1 is 0.720 bits per heavy atom. The molecule has 124 valence electrons. The Bertz CT molecular complexity index is 1090. The first kappa shape index (κ1) is 15.9. The summed E-state index contributed by atoms with van der Waals surface area (Å²) in [5, 5.41) is 4.18. The highest BCUT2D eigenvalue weighted by molar-refractivity contribution is 6.35. The summed E-state index contributed by atoms with van der Waals surface area (Å²) in [5.41, 5.74) is 0.957. The van der Waals surface area contributed by atoms with Gasteiger partial charge < -0.3 is 0 Å². The second-order valence-electron chi connectivity index (χ2n) is 5.74. The van der Waals surface area contributed by atoms with E-state index in [0.717, 1.165) is 44.8 Å².